The van der Waals surface area contributed by atoms with Crippen molar-refractivity contribution in [2.75, 3.05) is 19.7 Å². The van der Waals surface area contributed by atoms with Gasteiger partial charge in [-0.2, -0.15) is 4.31 Å². The smallest absolute Gasteiger partial charge is 0.244 e. The molecule has 2 aromatic rings. The van der Waals surface area contributed by atoms with E-state index in [2.05, 4.69) is 5.32 Å². The van der Waals surface area contributed by atoms with Crippen LogP contribution in [0.5, 0.6) is 5.75 Å². The van der Waals surface area contributed by atoms with Crippen LogP contribution in [-0.4, -0.2) is 38.3 Å². The molecule has 3 rings (SSSR count). The van der Waals surface area contributed by atoms with Crippen molar-refractivity contribution in [3.8, 4) is 5.75 Å². The quantitative estimate of drug-likeness (QED) is 0.871. The number of nitrogens with one attached hydrogen (secondary N) is 1. The third-order valence-electron chi connectivity index (χ3n) is 4.27. The molecule has 7 heteroatoms. The number of aryl methyl sites for hydroxylation is 1. The van der Waals surface area contributed by atoms with Gasteiger partial charge in [-0.1, -0.05) is 29.8 Å². The van der Waals surface area contributed by atoms with Crippen LogP contribution >= 0.6 is 0 Å². The molecule has 0 aromatic heterocycles. The van der Waals surface area contributed by atoms with E-state index in [1.807, 2.05) is 32.0 Å². The minimum atomic E-state index is -3.82. The molecule has 0 spiro atoms. The molecule has 0 saturated carbocycles. The number of piperazine rings is 1. The Morgan fingerprint density at radius 1 is 1.19 bits per heavy atom. The zero-order chi connectivity index (χ0) is 18.7. The molecule has 1 aliphatic rings. The maximum atomic E-state index is 13.2. The number of amides is 1. The first-order valence-electron chi connectivity index (χ1n) is 8.52. The Hall–Kier alpha value is -2.38. The lowest BCUT2D eigenvalue weighted by Gasteiger charge is -2.34. The second-order valence-electron chi connectivity index (χ2n) is 6.13. The van der Waals surface area contributed by atoms with Crippen LogP contribution in [0.15, 0.2) is 53.4 Å². The van der Waals surface area contributed by atoms with Gasteiger partial charge >= 0.3 is 0 Å². The average Bonchev–Trinajstić information content (AvgIpc) is 2.62. The highest BCUT2D eigenvalue weighted by Gasteiger charge is 2.39. The first-order chi connectivity index (χ1) is 12.4. The van der Waals surface area contributed by atoms with Gasteiger partial charge in [0.25, 0.3) is 0 Å². The largest absolute Gasteiger partial charge is 0.494 e. The molecular formula is C19H22N2O4S. The SMILES string of the molecule is CCOc1ccc(S(=O)(=O)N2CCNC(=O)C2c2cccc(C)c2)cc1. The van der Waals surface area contributed by atoms with Gasteiger partial charge in [-0.15, -0.1) is 0 Å². The van der Waals surface area contributed by atoms with E-state index in [9.17, 15) is 13.2 Å². The number of benzene rings is 2. The lowest BCUT2D eigenvalue weighted by Crippen LogP contribution is -2.52. The molecule has 0 radical (unpaired) electrons. The first-order valence-corrected chi connectivity index (χ1v) is 9.96. The summed E-state index contributed by atoms with van der Waals surface area (Å²) in [5.41, 5.74) is 1.64. The summed E-state index contributed by atoms with van der Waals surface area (Å²) in [7, 11) is -3.82. The Morgan fingerprint density at radius 3 is 2.58 bits per heavy atom. The molecule has 1 amide bonds. The van der Waals surface area contributed by atoms with E-state index < -0.39 is 16.1 Å². The number of carbonyl (C=O) groups excluding carboxylic acids is 1. The summed E-state index contributed by atoms with van der Waals surface area (Å²) in [4.78, 5) is 12.6. The van der Waals surface area contributed by atoms with Gasteiger partial charge in [-0.05, 0) is 43.7 Å². The van der Waals surface area contributed by atoms with E-state index >= 15 is 0 Å². The van der Waals surface area contributed by atoms with Crippen molar-refractivity contribution in [3.05, 3.63) is 59.7 Å². The van der Waals surface area contributed by atoms with Gasteiger partial charge in [0, 0.05) is 13.1 Å². The normalized spacial score (nSPS) is 18.4. The fraction of sp³-hybridized carbons (Fsp3) is 0.316. The second-order valence-corrected chi connectivity index (χ2v) is 8.02. The number of nitrogens with zero attached hydrogens (tertiary/aromatic N) is 1. The highest BCUT2D eigenvalue weighted by atomic mass is 32.2. The van der Waals surface area contributed by atoms with Crippen LogP contribution in [0.1, 0.15) is 24.1 Å². The molecule has 1 N–H and O–H groups in total. The van der Waals surface area contributed by atoms with Crippen LogP contribution < -0.4 is 10.1 Å². The highest BCUT2D eigenvalue weighted by Crippen LogP contribution is 2.30. The van der Waals surface area contributed by atoms with Gasteiger partial charge in [0.15, 0.2) is 0 Å². The maximum Gasteiger partial charge on any atom is 0.244 e. The molecular weight excluding hydrogens is 352 g/mol. The van der Waals surface area contributed by atoms with E-state index in [4.69, 9.17) is 4.74 Å². The highest BCUT2D eigenvalue weighted by molar-refractivity contribution is 7.89. The van der Waals surface area contributed by atoms with E-state index in [0.29, 0.717) is 17.9 Å². The molecule has 2 aromatic carbocycles. The lowest BCUT2D eigenvalue weighted by atomic mass is 10.0. The number of ether oxygens (including phenoxy) is 1. The summed E-state index contributed by atoms with van der Waals surface area (Å²) in [5.74, 6) is 0.300. The summed E-state index contributed by atoms with van der Waals surface area (Å²) in [6.45, 7) is 4.80. The molecule has 1 fully saturated rings. The molecule has 26 heavy (non-hydrogen) atoms. The predicted molar refractivity (Wildman–Crippen MR) is 98.4 cm³/mol. The fourth-order valence-electron chi connectivity index (χ4n) is 3.07. The van der Waals surface area contributed by atoms with Crippen LogP contribution in [0.2, 0.25) is 0 Å². The van der Waals surface area contributed by atoms with Crippen LogP contribution in [0, 0.1) is 6.92 Å². The van der Waals surface area contributed by atoms with Crippen LogP contribution in [0.3, 0.4) is 0 Å². The maximum absolute atomic E-state index is 13.2. The molecule has 138 valence electrons. The zero-order valence-corrected chi connectivity index (χ0v) is 15.6. The predicted octanol–water partition coefficient (Wildman–Crippen LogP) is 2.26. The Labute approximate surface area is 153 Å². The Kier molecular flexibility index (Phi) is 5.29. The summed E-state index contributed by atoms with van der Waals surface area (Å²) < 4.78 is 33.0. The molecule has 0 bridgehead atoms. The van der Waals surface area contributed by atoms with Crippen LogP contribution in [-0.2, 0) is 14.8 Å². The minimum absolute atomic E-state index is 0.147. The van der Waals surface area contributed by atoms with Crippen LogP contribution in [0.25, 0.3) is 0 Å². The van der Waals surface area contributed by atoms with Crippen molar-refractivity contribution in [2.24, 2.45) is 0 Å². The molecule has 1 unspecified atom stereocenters. The van der Waals surface area contributed by atoms with Crippen LogP contribution in [0.4, 0.5) is 0 Å². The van der Waals surface area contributed by atoms with Gasteiger partial charge in [0.2, 0.25) is 15.9 Å². The number of carbonyl (C=O) groups is 1. The van der Waals surface area contributed by atoms with E-state index in [0.717, 1.165) is 5.56 Å². The van der Waals surface area contributed by atoms with E-state index in [1.165, 1.54) is 16.4 Å². The standard InChI is InChI=1S/C19H22N2O4S/c1-3-25-16-7-9-17(10-8-16)26(23,24)21-12-11-20-19(22)18(21)15-6-4-5-14(2)13-15/h4-10,13,18H,3,11-12H2,1-2H3,(H,20,22). The second kappa shape index (κ2) is 7.47. The fourth-order valence-corrected chi connectivity index (χ4v) is 4.65. The van der Waals surface area contributed by atoms with Crippen molar-refractivity contribution in [1.82, 2.24) is 9.62 Å². The van der Waals surface area contributed by atoms with Crippen molar-refractivity contribution < 1.29 is 17.9 Å². The van der Waals surface area contributed by atoms with Gasteiger partial charge in [-0.25, -0.2) is 8.42 Å². The van der Waals surface area contributed by atoms with Crippen molar-refractivity contribution in [3.63, 3.8) is 0 Å². The summed E-state index contributed by atoms with van der Waals surface area (Å²) in [6, 6.07) is 12.8. The van der Waals surface area contributed by atoms with Gasteiger partial charge in [-0.3, -0.25) is 4.79 Å². The minimum Gasteiger partial charge on any atom is -0.494 e. The topological polar surface area (TPSA) is 75.7 Å². The van der Waals surface area contributed by atoms with E-state index in [1.54, 1.807) is 18.2 Å². The monoisotopic (exact) mass is 374 g/mol. The molecule has 0 aliphatic carbocycles. The van der Waals surface area contributed by atoms with Gasteiger partial charge in [0.05, 0.1) is 11.5 Å². The van der Waals surface area contributed by atoms with Crippen molar-refractivity contribution >= 4 is 15.9 Å². The number of sulfonamides is 1. The third-order valence-corrected chi connectivity index (χ3v) is 6.15. The summed E-state index contributed by atoms with van der Waals surface area (Å²) in [5, 5.41) is 2.76. The number of hydrogen-bond acceptors (Lipinski definition) is 4. The summed E-state index contributed by atoms with van der Waals surface area (Å²) >= 11 is 0. The Balaban J connectivity index is 1.99. The first kappa shape index (κ1) is 18.4. The average molecular weight is 374 g/mol. The third kappa shape index (κ3) is 3.59. The van der Waals surface area contributed by atoms with E-state index in [-0.39, 0.29) is 23.9 Å². The Morgan fingerprint density at radius 2 is 1.92 bits per heavy atom. The van der Waals surface area contributed by atoms with Gasteiger partial charge in [0.1, 0.15) is 11.8 Å². The molecule has 1 aliphatic heterocycles. The molecule has 1 heterocycles. The Bertz CT molecular complexity index is 894. The summed E-state index contributed by atoms with van der Waals surface area (Å²) in [6.07, 6.45) is 0. The van der Waals surface area contributed by atoms with Crippen molar-refractivity contribution in [2.45, 2.75) is 24.8 Å². The number of hydrogen-bond donors (Lipinski definition) is 1. The van der Waals surface area contributed by atoms with Gasteiger partial charge < -0.3 is 10.1 Å². The zero-order valence-electron chi connectivity index (χ0n) is 14.8. The molecule has 1 atom stereocenters. The molecule has 1 saturated heterocycles. The lowest BCUT2D eigenvalue weighted by molar-refractivity contribution is -0.126. The van der Waals surface area contributed by atoms with Crippen molar-refractivity contribution in [1.29, 1.82) is 0 Å². The number of rotatable bonds is 5. The molecule has 6 nitrogen and oxygen atoms in total.